The Morgan fingerprint density at radius 3 is 2.53 bits per heavy atom. The second-order valence-electron chi connectivity index (χ2n) is 4.26. The van der Waals surface area contributed by atoms with E-state index in [0.29, 0.717) is 0 Å². The molecule has 0 aliphatic rings. The van der Waals surface area contributed by atoms with Crippen molar-refractivity contribution in [3.8, 4) is 0 Å². The van der Waals surface area contributed by atoms with Gasteiger partial charge >= 0.3 is 0 Å². The maximum atomic E-state index is 4.35. The Hall–Kier alpha value is -1.68. The van der Waals surface area contributed by atoms with Crippen molar-refractivity contribution in [3.05, 3.63) is 48.3 Å². The number of rotatable bonds is 4. The largest absolute Gasteiger partial charge is 0.337 e. The molecule has 90 valence electrons. The molecule has 0 spiro atoms. The molecule has 0 bridgehead atoms. The molecule has 2 aromatic rings. The van der Waals surface area contributed by atoms with Crippen LogP contribution in [0.25, 0.3) is 0 Å². The molecule has 0 saturated carbocycles. The zero-order valence-corrected chi connectivity index (χ0v) is 10.5. The lowest BCUT2D eigenvalue weighted by molar-refractivity contribution is 0.460. The number of hydrogen-bond donors (Lipinski definition) is 1. The fourth-order valence-corrected chi connectivity index (χ4v) is 1.96. The second kappa shape index (κ2) is 5.10. The molecule has 0 saturated heterocycles. The van der Waals surface area contributed by atoms with E-state index in [-0.39, 0.29) is 12.1 Å². The Balaban J connectivity index is 2.05. The monoisotopic (exact) mass is 230 g/mol. The molecule has 2 atom stereocenters. The van der Waals surface area contributed by atoms with Crippen LogP contribution in [0.15, 0.2) is 36.8 Å². The highest BCUT2D eigenvalue weighted by molar-refractivity contribution is 5.09. The molecule has 4 heteroatoms. The summed E-state index contributed by atoms with van der Waals surface area (Å²) in [5.74, 6) is 1.03. The third-order valence-electron chi connectivity index (χ3n) is 2.88. The first-order valence-corrected chi connectivity index (χ1v) is 5.82. The number of nitrogens with one attached hydrogen (secondary N) is 1. The Kier molecular flexibility index (Phi) is 3.54. The average molecular weight is 230 g/mol. The van der Waals surface area contributed by atoms with Crippen LogP contribution in [-0.4, -0.2) is 14.5 Å². The predicted molar refractivity (Wildman–Crippen MR) is 67.4 cm³/mol. The van der Waals surface area contributed by atoms with E-state index >= 15 is 0 Å². The van der Waals surface area contributed by atoms with Crippen molar-refractivity contribution in [1.29, 1.82) is 0 Å². The SMILES string of the molecule is CC(N[C@@H](C)c1ccccn1)c1nccn1C. The van der Waals surface area contributed by atoms with Crippen LogP contribution in [0.1, 0.15) is 37.4 Å². The number of hydrogen-bond acceptors (Lipinski definition) is 3. The van der Waals surface area contributed by atoms with Gasteiger partial charge in [0.15, 0.2) is 0 Å². The van der Waals surface area contributed by atoms with Gasteiger partial charge in [0.1, 0.15) is 5.82 Å². The molecular weight excluding hydrogens is 212 g/mol. The van der Waals surface area contributed by atoms with Gasteiger partial charge in [0, 0.05) is 31.7 Å². The lowest BCUT2D eigenvalue weighted by Gasteiger charge is -2.19. The van der Waals surface area contributed by atoms with Gasteiger partial charge in [-0.2, -0.15) is 0 Å². The maximum absolute atomic E-state index is 4.35. The lowest BCUT2D eigenvalue weighted by Crippen LogP contribution is -2.25. The number of pyridine rings is 1. The summed E-state index contributed by atoms with van der Waals surface area (Å²) in [7, 11) is 2.01. The highest BCUT2D eigenvalue weighted by Gasteiger charge is 2.14. The molecule has 1 unspecified atom stereocenters. The highest BCUT2D eigenvalue weighted by atomic mass is 15.1. The Morgan fingerprint density at radius 2 is 1.94 bits per heavy atom. The minimum Gasteiger partial charge on any atom is -0.337 e. The van der Waals surface area contributed by atoms with Gasteiger partial charge in [-0.1, -0.05) is 6.07 Å². The molecule has 2 aromatic heterocycles. The molecule has 0 aliphatic carbocycles. The minimum absolute atomic E-state index is 0.201. The summed E-state index contributed by atoms with van der Waals surface area (Å²) in [6, 6.07) is 6.38. The summed E-state index contributed by atoms with van der Waals surface area (Å²) in [6.07, 6.45) is 5.59. The summed E-state index contributed by atoms with van der Waals surface area (Å²) >= 11 is 0. The van der Waals surface area contributed by atoms with Gasteiger partial charge in [-0.25, -0.2) is 4.98 Å². The normalized spacial score (nSPS) is 14.5. The van der Waals surface area contributed by atoms with Crippen LogP contribution in [0.2, 0.25) is 0 Å². The molecule has 0 amide bonds. The van der Waals surface area contributed by atoms with Crippen molar-refractivity contribution < 1.29 is 0 Å². The molecule has 17 heavy (non-hydrogen) atoms. The Bertz CT molecular complexity index is 463. The van der Waals surface area contributed by atoms with Crippen LogP contribution in [0.5, 0.6) is 0 Å². The second-order valence-corrected chi connectivity index (χ2v) is 4.26. The number of imidazole rings is 1. The molecule has 0 aromatic carbocycles. The number of aryl methyl sites for hydroxylation is 1. The van der Waals surface area contributed by atoms with Crippen molar-refractivity contribution in [1.82, 2.24) is 19.9 Å². The third-order valence-corrected chi connectivity index (χ3v) is 2.88. The van der Waals surface area contributed by atoms with E-state index in [1.807, 2.05) is 48.4 Å². The first-order valence-electron chi connectivity index (χ1n) is 5.82. The van der Waals surface area contributed by atoms with E-state index in [4.69, 9.17) is 0 Å². The summed E-state index contributed by atoms with van der Waals surface area (Å²) in [4.78, 5) is 8.69. The fourth-order valence-electron chi connectivity index (χ4n) is 1.96. The molecular formula is C13H18N4. The average Bonchev–Trinajstić information content (AvgIpc) is 2.76. The number of aromatic nitrogens is 3. The van der Waals surface area contributed by atoms with Crippen LogP contribution in [-0.2, 0) is 7.05 Å². The van der Waals surface area contributed by atoms with Crippen LogP contribution in [0, 0.1) is 0 Å². The first kappa shape index (κ1) is 11.8. The van der Waals surface area contributed by atoms with Crippen LogP contribution in [0.3, 0.4) is 0 Å². The molecule has 1 N–H and O–H groups in total. The molecule has 2 rings (SSSR count). The standard InChI is InChI=1S/C13H18N4/c1-10(12-6-4-5-7-14-12)16-11(2)13-15-8-9-17(13)3/h4-11,16H,1-3H3/t10-,11?/m0/s1. The third kappa shape index (κ3) is 2.71. The maximum Gasteiger partial charge on any atom is 0.125 e. The van der Waals surface area contributed by atoms with Crippen LogP contribution < -0.4 is 5.32 Å². The molecule has 2 heterocycles. The summed E-state index contributed by atoms with van der Waals surface area (Å²) in [5, 5.41) is 3.49. The van der Waals surface area contributed by atoms with E-state index in [0.717, 1.165) is 11.5 Å². The minimum atomic E-state index is 0.201. The van der Waals surface area contributed by atoms with E-state index in [2.05, 4.69) is 29.1 Å². The van der Waals surface area contributed by atoms with Gasteiger partial charge in [0.25, 0.3) is 0 Å². The zero-order chi connectivity index (χ0) is 12.3. The van der Waals surface area contributed by atoms with Gasteiger partial charge in [0.05, 0.1) is 11.7 Å². The van der Waals surface area contributed by atoms with Crippen molar-refractivity contribution in [2.75, 3.05) is 0 Å². The van der Waals surface area contributed by atoms with Crippen molar-refractivity contribution in [3.63, 3.8) is 0 Å². The van der Waals surface area contributed by atoms with Crippen molar-refractivity contribution in [2.45, 2.75) is 25.9 Å². The molecule has 0 radical (unpaired) electrons. The van der Waals surface area contributed by atoms with E-state index in [1.54, 1.807) is 0 Å². The van der Waals surface area contributed by atoms with Crippen molar-refractivity contribution >= 4 is 0 Å². The molecule has 4 nitrogen and oxygen atoms in total. The van der Waals surface area contributed by atoms with E-state index in [9.17, 15) is 0 Å². The van der Waals surface area contributed by atoms with Gasteiger partial charge in [0.2, 0.25) is 0 Å². The molecule has 0 aliphatic heterocycles. The number of nitrogens with zero attached hydrogens (tertiary/aromatic N) is 3. The fraction of sp³-hybridized carbons (Fsp3) is 0.385. The van der Waals surface area contributed by atoms with Gasteiger partial charge in [-0.05, 0) is 26.0 Å². The Morgan fingerprint density at radius 1 is 1.12 bits per heavy atom. The smallest absolute Gasteiger partial charge is 0.125 e. The van der Waals surface area contributed by atoms with Crippen molar-refractivity contribution in [2.24, 2.45) is 7.05 Å². The first-order chi connectivity index (χ1) is 8.18. The van der Waals surface area contributed by atoms with E-state index < -0.39 is 0 Å². The highest BCUT2D eigenvalue weighted by Crippen LogP contribution is 2.15. The summed E-state index contributed by atoms with van der Waals surface area (Å²) < 4.78 is 2.03. The van der Waals surface area contributed by atoms with Gasteiger partial charge in [-0.3, -0.25) is 10.3 Å². The van der Waals surface area contributed by atoms with Crippen LogP contribution >= 0.6 is 0 Å². The van der Waals surface area contributed by atoms with Crippen LogP contribution in [0.4, 0.5) is 0 Å². The van der Waals surface area contributed by atoms with Gasteiger partial charge in [-0.15, -0.1) is 0 Å². The lowest BCUT2D eigenvalue weighted by atomic mass is 10.2. The van der Waals surface area contributed by atoms with Gasteiger partial charge < -0.3 is 4.57 Å². The zero-order valence-electron chi connectivity index (χ0n) is 10.5. The summed E-state index contributed by atoms with van der Waals surface area (Å²) in [5.41, 5.74) is 1.05. The topological polar surface area (TPSA) is 42.7 Å². The summed E-state index contributed by atoms with van der Waals surface area (Å²) in [6.45, 7) is 4.23. The Labute approximate surface area is 102 Å². The quantitative estimate of drug-likeness (QED) is 0.875. The molecule has 0 fully saturated rings. The predicted octanol–water partition coefficient (Wildman–Crippen LogP) is 2.23. The van der Waals surface area contributed by atoms with E-state index in [1.165, 1.54) is 0 Å².